The van der Waals surface area contributed by atoms with Gasteiger partial charge in [-0.1, -0.05) is 46.6 Å². The third kappa shape index (κ3) is 4.61. The Labute approximate surface area is 181 Å². The largest absolute Gasteiger partial charge is 0.458 e. The molecule has 170 valence electrons. The third-order valence-electron chi connectivity index (χ3n) is 8.13. The number of ether oxygens (including phenoxy) is 3. The molecule has 0 saturated heterocycles. The quantitative estimate of drug-likeness (QED) is 0.306. The number of rotatable bonds is 7. The van der Waals surface area contributed by atoms with Crippen molar-refractivity contribution in [2.45, 2.75) is 111 Å². The first kappa shape index (κ1) is 23.3. The van der Waals surface area contributed by atoms with Crippen LogP contribution < -0.4 is 0 Å². The highest BCUT2D eigenvalue weighted by molar-refractivity contribution is 5.87. The lowest BCUT2D eigenvalue weighted by Crippen LogP contribution is -2.60. The Morgan fingerprint density at radius 3 is 2.30 bits per heavy atom. The predicted octanol–water partition coefficient (Wildman–Crippen LogP) is 5.57. The lowest BCUT2D eigenvalue weighted by atomic mass is 9.46. The molecule has 4 fully saturated rings. The minimum Gasteiger partial charge on any atom is -0.458 e. The maximum absolute atomic E-state index is 13.2. The summed E-state index contributed by atoms with van der Waals surface area (Å²) < 4.78 is 17.7. The first-order chi connectivity index (χ1) is 14.1. The van der Waals surface area contributed by atoms with Gasteiger partial charge in [-0.2, -0.15) is 0 Å². The van der Waals surface area contributed by atoms with E-state index in [1.54, 1.807) is 6.92 Å². The van der Waals surface area contributed by atoms with Gasteiger partial charge in [-0.15, -0.1) is 0 Å². The predicted molar refractivity (Wildman–Crippen MR) is 116 cm³/mol. The fraction of sp³-hybridized carbons (Fsp3) is 0.840. The van der Waals surface area contributed by atoms with Crippen LogP contribution in [-0.4, -0.2) is 30.4 Å². The molecule has 0 heterocycles. The van der Waals surface area contributed by atoms with Crippen LogP contribution in [0.2, 0.25) is 0 Å². The normalized spacial score (nSPS) is 35.1. The minimum atomic E-state index is -0.517. The van der Waals surface area contributed by atoms with Crippen LogP contribution in [-0.2, 0) is 23.8 Å². The average Bonchev–Trinajstić information content (AvgIpc) is 2.68. The summed E-state index contributed by atoms with van der Waals surface area (Å²) >= 11 is 0. The molecule has 5 nitrogen and oxygen atoms in total. The maximum atomic E-state index is 13.2. The summed E-state index contributed by atoms with van der Waals surface area (Å²) in [7, 11) is 0. The molecule has 4 aliphatic carbocycles. The zero-order valence-corrected chi connectivity index (χ0v) is 19.5. The summed E-state index contributed by atoms with van der Waals surface area (Å²) in [4.78, 5) is 25.5. The topological polar surface area (TPSA) is 61.8 Å². The molecule has 5 unspecified atom stereocenters. The van der Waals surface area contributed by atoms with E-state index in [1.165, 1.54) is 19.3 Å². The van der Waals surface area contributed by atoms with Crippen molar-refractivity contribution in [1.82, 2.24) is 0 Å². The summed E-state index contributed by atoms with van der Waals surface area (Å²) in [5.74, 6) is -0.373. The van der Waals surface area contributed by atoms with Crippen molar-refractivity contribution in [3.63, 3.8) is 0 Å². The van der Waals surface area contributed by atoms with E-state index in [0.717, 1.165) is 25.7 Å². The van der Waals surface area contributed by atoms with E-state index < -0.39 is 6.29 Å². The Balaban J connectivity index is 1.70. The average molecular weight is 421 g/mol. The molecule has 0 aromatic rings. The van der Waals surface area contributed by atoms with Crippen LogP contribution in [0.4, 0.5) is 0 Å². The highest BCUT2D eigenvalue weighted by Crippen LogP contribution is 2.63. The molecule has 5 heteroatoms. The third-order valence-corrected chi connectivity index (χ3v) is 8.13. The standard InChI is InChI=1S/C25H40O5/c1-16(2)22(26)30-21-15-24(6)12-13-25(21,17(3)4)14-20(24)23(27)29-18(5)28-19-10-8-7-9-11-19/h17-21H,1,7-15H2,2-6H3. The van der Waals surface area contributed by atoms with Crippen molar-refractivity contribution in [1.29, 1.82) is 0 Å². The number of hydrogen-bond donors (Lipinski definition) is 0. The zero-order chi connectivity index (χ0) is 22.1. The van der Waals surface area contributed by atoms with Gasteiger partial charge in [-0.3, -0.25) is 4.79 Å². The van der Waals surface area contributed by atoms with Crippen molar-refractivity contribution in [2.75, 3.05) is 0 Å². The van der Waals surface area contributed by atoms with Gasteiger partial charge in [0, 0.05) is 11.0 Å². The fourth-order valence-electron chi connectivity index (χ4n) is 5.98. The molecule has 0 aromatic carbocycles. The fourth-order valence-corrected chi connectivity index (χ4v) is 5.98. The molecule has 0 aliphatic heterocycles. The molecule has 30 heavy (non-hydrogen) atoms. The number of fused-ring (bicyclic) bond motifs is 3. The molecule has 0 aromatic heterocycles. The van der Waals surface area contributed by atoms with Gasteiger partial charge in [0.15, 0.2) is 6.29 Å². The summed E-state index contributed by atoms with van der Waals surface area (Å²) in [6.45, 7) is 13.7. The summed E-state index contributed by atoms with van der Waals surface area (Å²) in [5, 5.41) is 0. The molecule has 0 radical (unpaired) electrons. The lowest BCUT2D eigenvalue weighted by molar-refractivity contribution is -0.219. The number of carbonyl (C=O) groups excluding carboxylic acids is 2. The molecular weight excluding hydrogens is 380 g/mol. The van der Waals surface area contributed by atoms with Gasteiger partial charge in [0.2, 0.25) is 0 Å². The van der Waals surface area contributed by atoms with Crippen LogP contribution in [0.1, 0.15) is 92.4 Å². The SMILES string of the molecule is C=C(C)C(=O)OC1CC2(C)CCC1(C(C)C)CC2C(=O)OC(C)OC1CCCCC1. The van der Waals surface area contributed by atoms with Gasteiger partial charge in [0.1, 0.15) is 6.10 Å². The number of carbonyl (C=O) groups is 2. The van der Waals surface area contributed by atoms with Crippen molar-refractivity contribution < 1.29 is 23.8 Å². The maximum Gasteiger partial charge on any atom is 0.333 e. The van der Waals surface area contributed by atoms with Gasteiger partial charge in [-0.25, -0.2) is 4.79 Å². The molecule has 2 bridgehead atoms. The van der Waals surface area contributed by atoms with Gasteiger partial charge in [-0.05, 0) is 63.7 Å². The Hall–Kier alpha value is -1.36. The first-order valence-corrected chi connectivity index (χ1v) is 11.8. The van der Waals surface area contributed by atoms with Crippen molar-refractivity contribution >= 4 is 11.9 Å². The number of esters is 2. The second-order valence-electron chi connectivity index (χ2n) is 10.6. The number of hydrogen-bond acceptors (Lipinski definition) is 5. The Morgan fingerprint density at radius 2 is 1.70 bits per heavy atom. The van der Waals surface area contributed by atoms with Crippen LogP contribution in [0.5, 0.6) is 0 Å². The van der Waals surface area contributed by atoms with E-state index in [9.17, 15) is 9.59 Å². The molecule has 5 atom stereocenters. The molecule has 4 rings (SSSR count). The summed E-state index contributed by atoms with van der Waals surface area (Å²) in [5.41, 5.74) is 0.00311. The van der Waals surface area contributed by atoms with Gasteiger partial charge in [0.05, 0.1) is 12.0 Å². The highest BCUT2D eigenvalue weighted by atomic mass is 16.7. The summed E-state index contributed by atoms with van der Waals surface area (Å²) in [6, 6.07) is 0. The Bertz CT molecular complexity index is 664. The molecule has 0 N–H and O–H groups in total. The van der Waals surface area contributed by atoms with Crippen molar-refractivity contribution in [3.8, 4) is 0 Å². The molecule has 4 saturated carbocycles. The Morgan fingerprint density at radius 1 is 1.03 bits per heavy atom. The van der Waals surface area contributed by atoms with Crippen molar-refractivity contribution in [3.05, 3.63) is 12.2 Å². The van der Waals surface area contributed by atoms with Crippen LogP contribution >= 0.6 is 0 Å². The second-order valence-corrected chi connectivity index (χ2v) is 10.6. The molecule has 0 amide bonds. The zero-order valence-electron chi connectivity index (χ0n) is 19.5. The van der Waals surface area contributed by atoms with E-state index in [2.05, 4.69) is 27.4 Å². The van der Waals surface area contributed by atoms with Gasteiger partial charge < -0.3 is 14.2 Å². The van der Waals surface area contributed by atoms with E-state index in [0.29, 0.717) is 24.3 Å². The smallest absolute Gasteiger partial charge is 0.333 e. The van der Waals surface area contributed by atoms with Gasteiger partial charge >= 0.3 is 11.9 Å². The molecular formula is C25H40O5. The monoisotopic (exact) mass is 420 g/mol. The lowest BCUT2D eigenvalue weighted by Gasteiger charge is -2.60. The molecule has 0 spiro atoms. The van der Waals surface area contributed by atoms with Crippen molar-refractivity contribution in [2.24, 2.45) is 22.7 Å². The molecule has 4 aliphatic rings. The van der Waals surface area contributed by atoms with Crippen LogP contribution in [0.3, 0.4) is 0 Å². The van der Waals surface area contributed by atoms with Crippen LogP contribution in [0.25, 0.3) is 0 Å². The van der Waals surface area contributed by atoms with E-state index in [1.807, 2.05) is 6.92 Å². The van der Waals surface area contributed by atoms with E-state index in [4.69, 9.17) is 14.2 Å². The summed E-state index contributed by atoms with van der Waals surface area (Å²) in [6.07, 6.45) is 8.56. The van der Waals surface area contributed by atoms with Crippen LogP contribution in [0, 0.1) is 22.7 Å². The van der Waals surface area contributed by atoms with Crippen LogP contribution in [0.15, 0.2) is 12.2 Å². The Kier molecular flexibility index (Phi) is 7.01. The second kappa shape index (κ2) is 9.02. The van der Waals surface area contributed by atoms with Gasteiger partial charge in [0.25, 0.3) is 0 Å². The highest BCUT2D eigenvalue weighted by Gasteiger charge is 2.62. The van der Waals surface area contributed by atoms with E-state index in [-0.39, 0.29) is 40.9 Å². The van der Waals surface area contributed by atoms with E-state index >= 15 is 0 Å². The first-order valence-electron chi connectivity index (χ1n) is 11.8. The minimum absolute atomic E-state index is 0.157.